The highest BCUT2D eigenvalue weighted by Crippen LogP contribution is 2.27. The average Bonchev–Trinajstić information content (AvgIpc) is 2.28. The first-order valence-electron chi connectivity index (χ1n) is 4.07. The van der Waals surface area contributed by atoms with Gasteiger partial charge in [-0.1, -0.05) is 0 Å². The predicted octanol–water partition coefficient (Wildman–Crippen LogP) is 0.835. The first kappa shape index (κ1) is 11.5. The molecule has 0 spiro atoms. The van der Waals surface area contributed by atoms with Crippen molar-refractivity contribution in [1.82, 2.24) is 0 Å². The first-order valence-corrected chi connectivity index (χ1v) is 4.07. The molecular weight excluding hydrogens is 214 g/mol. The highest BCUT2D eigenvalue weighted by molar-refractivity contribution is 5.97. The number of carbonyl (C=O) groups is 1. The molecule has 7 nitrogen and oxygen atoms in total. The van der Waals surface area contributed by atoms with E-state index in [1.165, 1.54) is 0 Å². The fourth-order valence-electron chi connectivity index (χ4n) is 1.13. The second-order valence-electron chi connectivity index (χ2n) is 2.82. The molecule has 2 N–H and O–H groups in total. The van der Waals surface area contributed by atoms with Crippen LogP contribution < -0.4 is 5.73 Å². The Kier molecular flexibility index (Phi) is 3.06. The summed E-state index contributed by atoms with van der Waals surface area (Å²) in [6.07, 6.45) is 0. The van der Waals surface area contributed by atoms with Gasteiger partial charge in [-0.25, -0.2) is 4.79 Å². The lowest BCUT2D eigenvalue weighted by molar-refractivity contribution is -0.383. The van der Waals surface area contributed by atoms with E-state index in [2.05, 4.69) is 4.74 Å². The van der Waals surface area contributed by atoms with Gasteiger partial charge in [-0.2, -0.15) is 5.26 Å². The molecule has 7 heteroatoms. The molecule has 0 aliphatic rings. The monoisotopic (exact) mass is 221 g/mol. The Morgan fingerprint density at radius 1 is 1.62 bits per heavy atom. The summed E-state index contributed by atoms with van der Waals surface area (Å²) in [6.45, 7) is 0. The number of benzene rings is 1. The Hall–Kier alpha value is -2.62. The molecule has 16 heavy (non-hydrogen) atoms. The predicted molar refractivity (Wildman–Crippen MR) is 53.6 cm³/mol. The van der Waals surface area contributed by atoms with Crippen molar-refractivity contribution < 1.29 is 14.5 Å². The minimum atomic E-state index is -0.822. The number of esters is 1. The number of nitrogens with zero attached hydrogens (tertiary/aromatic N) is 2. The van der Waals surface area contributed by atoms with Crippen LogP contribution in [0, 0.1) is 21.4 Å². The average molecular weight is 221 g/mol. The molecule has 0 radical (unpaired) electrons. The van der Waals surface area contributed by atoms with E-state index >= 15 is 0 Å². The van der Waals surface area contributed by atoms with Gasteiger partial charge in [0.25, 0.3) is 5.69 Å². The number of nitro groups is 1. The highest BCUT2D eigenvalue weighted by Gasteiger charge is 2.21. The normalized spacial score (nSPS) is 9.25. The number of hydrogen-bond donors (Lipinski definition) is 1. The zero-order chi connectivity index (χ0) is 12.3. The maximum atomic E-state index is 11.2. The van der Waals surface area contributed by atoms with Crippen LogP contribution in [0.2, 0.25) is 0 Å². The van der Waals surface area contributed by atoms with Crippen LogP contribution in [0.1, 0.15) is 15.9 Å². The largest absolute Gasteiger partial charge is 0.465 e. The van der Waals surface area contributed by atoms with Gasteiger partial charge in [0.2, 0.25) is 0 Å². The Bertz CT molecular complexity index is 504. The summed E-state index contributed by atoms with van der Waals surface area (Å²) in [7, 11) is 1.12. The molecule has 0 heterocycles. The molecule has 0 atom stereocenters. The van der Waals surface area contributed by atoms with Crippen LogP contribution >= 0.6 is 0 Å². The first-order chi connectivity index (χ1) is 7.51. The summed E-state index contributed by atoms with van der Waals surface area (Å²) in [5.41, 5.74) is 4.42. The van der Waals surface area contributed by atoms with E-state index in [1.807, 2.05) is 0 Å². The van der Waals surface area contributed by atoms with Gasteiger partial charge in [-0.3, -0.25) is 10.1 Å². The number of nitrogens with two attached hydrogens (primary N) is 1. The van der Waals surface area contributed by atoms with Crippen molar-refractivity contribution in [2.75, 3.05) is 12.8 Å². The maximum absolute atomic E-state index is 11.2. The molecule has 1 aromatic carbocycles. The minimum absolute atomic E-state index is 0.0266. The van der Waals surface area contributed by atoms with Crippen LogP contribution in [0.15, 0.2) is 12.1 Å². The number of hydrogen-bond acceptors (Lipinski definition) is 6. The molecule has 1 aromatic rings. The number of nitro benzene ring substituents is 1. The fraction of sp³-hybridized carbons (Fsp3) is 0.111. The molecule has 82 valence electrons. The summed E-state index contributed by atoms with van der Waals surface area (Å²) in [4.78, 5) is 21.1. The smallest absolute Gasteiger partial charge is 0.340 e. The molecule has 0 fully saturated rings. The van der Waals surface area contributed by atoms with Gasteiger partial charge in [0, 0.05) is 6.07 Å². The Morgan fingerprint density at radius 2 is 2.25 bits per heavy atom. The van der Waals surface area contributed by atoms with Gasteiger partial charge in [0.1, 0.15) is 5.69 Å². The molecule has 0 aliphatic heterocycles. The van der Waals surface area contributed by atoms with Gasteiger partial charge in [-0.15, -0.1) is 0 Å². The molecule has 0 aliphatic carbocycles. The van der Waals surface area contributed by atoms with E-state index in [0.717, 1.165) is 19.2 Å². The maximum Gasteiger partial charge on any atom is 0.340 e. The van der Waals surface area contributed by atoms with E-state index < -0.39 is 16.6 Å². The lowest BCUT2D eigenvalue weighted by Crippen LogP contribution is -2.08. The lowest BCUT2D eigenvalue weighted by Gasteiger charge is -2.04. The van der Waals surface area contributed by atoms with Crippen molar-refractivity contribution in [3.8, 4) is 6.07 Å². The highest BCUT2D eigenvalue weighted by atomic mass is 16.6. The van der Waals surface area contributed by atoms with Crippen LogP contribution in [0.4, 0.5) is 11.4 Å². The third-order valence-corrected chi connectivity index (χ3v) is 1.89. The number of rotatable bonds is 2. The van der Waals surface area contributed by atoms with Gasteiger partial charge in [0.15, 0.2) is 0 Å². The second-order valence-corrected chi connectivity index (χ2v) is 2.82. The lowest BCUT2D eigenvalue weighted by atomic mass is 10.1. The van der Waals surface area contributed by atoms with Gasteiger partial charge >= 0.3 is 5.97 Å². The van der Waals surface area contributed by atoms with Crippen LogP contribution in [0.25, 0.3) is 0 Å². The van der Waals surface area contributed by atoms with Crippen molar-refractivity contribution in [3.05, 3.63) is 33.4 Å². The molecule has 0 saturated carbocycles. The van der Waals surface area contributed by atoms with E-state index in [0.29, 0.717) is 0 Å². The summed E-state index contributed by atoms with van der Waals surface area (Å²) >= 11 is 0. The molecule has 0 bridgehead atoms. The summed E-state index contributed by atoms with van der Waals surface area (Å²) in [6, 6.07) is 3.85. The van der Waals surface area contributed by atoms with E-state index in [1.54, 1.807) is 6.07 Å². The minimum Gasteiger partial charge on any atom is -0.465 e. The van der Waals surface area contributed by atoms with Crippen LogP contribution in [0.3, 0.4) is 0 Å². The zero-order valence-electron chi connectivity index (χ0n) is 8.26. The Balaban J connectivity index is 3.50. The SMILES string of the molecule is COC(=O)c1cc(C#N)cc([N+](=O)[O-])c1N. The standard InChI is InChI=1S/C9H7N3O4/c1-16-9(13)6-2-5(4-10)3-7(8(6)11)12(14)15/h2-3H,11H2,1H3. The van der Waals surface area contributed by atoms with E-state index in [9.17, 15) is 14.9 Å². The Morgan fingerprint density at radius 3 is 2.69 bits per heavy atom. The van der Waals surface area contributed by atoms with Crippen molar-refractivity contribution in [1.29, 1.82) is 5.26 Å². The second kappa shape index (κ2) is 4.27. The topological polar surface area (TPSA) is 119 Å². The van der Waals surface area contributed by atoms with Crippen molar-refractivity contribution in [2.45, 2.75) is 0 Å². The molecule has 0 aromatic heterocycles. The number of nitrogen functional groups attached to an aromatic ring is 1. The van der Waals surface area contributed by atoms with Crippen molar-refractivity contribution in [2.24, 2.45) is 0 Å². The van der Waals surface area contributed by atoms with Crippen LogP contribution in [-0.2, 0) is 4.74 Å². The van der Waals surface area contributed by atoms with Crippen LogP contribution in [0.5, 0.6) is 0 Å². The number of carbonyl (C=O) groups excluding carboxylic acids is 1. The molecule has 0 unspecified atom stereocenters. The Labute approximate surface area is 90.2 Å². The third-order valence-electron chi connectivity index (χ3n) is 1.89. The molecule has 0 saturated heterocycles. The number of ether oxygens (including phenoxy) is 1. The summed E-state index contributed by atoms with van der Waals surface area (Å²) in [5, 5.41) is 19.3. The van der Waals surface area contributed by atoms with Gasteiger partial charge < -0.3 is 10.5 Å². The van der Waals surface area contributed by atoms with Gasteiger partial charge in [0.05, 0.1) is 29.2 Å². The number of anilines is 1. The quantitative estimate of drug-likeness (QED) is 0.342. The zero-order valence-corrected chi connectivity index (χ0v) is 8.26. The third kappa shape index (κ3) is 1.90. The summed E-state index contributed by atoms with van der Waals surface area (Å²) < 4.78 is 4.40. The molecular formula is C9H7N3O4. The van der Waals surface area contributed by atoms with Crippen molar-refractivity contribution in [3.63, 3.8) is 0 Å². The van der Waals surface area contributed by atoms with Crippen LogP contribution in [-0.4, -0.2) is 18.0 Å². The molecule has 1 rings (SSSR count). The van der Waals surface area contributed by atoms with Gasteiger partial charge in [-0.05, 0) is 6.07 Å². The number of nitriles is 1. The van der Waals surface area contributed by atoms with E-state index in [-0.39, 0.29) is 16.8 Å². The summed E-state index contributed by atoms with van der Waals surface area (Å²) in [5.74, 6) is -0.822. The van der Waals surface area contributed by atoms with Crippen molar-refractivity contribution >= 4 is 17.3 Å². The fourth-order valence-corrected chi connectivity index (χ4v) is 1.13. The van der Waals surface area contributed by atoms with E-state index in [4.69, 9.17) is 11.0 Å². The molecule has 0 amide bonds. The number of methoxy groups -OCH3 is 1.